The normalized spacial score (nSPS) is 10.4. The zero-order valence-electron chi connectivity index (χ0n) is 6.04. The summed E-state index contributed by atoms with van der Waals surface area (Å²) in [6.07, 6.45) is 3.27. The first kappa shape index (κ1) is 7.31. The zero-order chi connectivity index (χ0) is 8.55. The summed E-state index contributed by atoms with van der Waals surface area (Å²) in [4.78, 5) is 17.8. The van der Waals surface area contributed by atoms with E-state index in [1.165, 1.54) is 0 Å². The Morgan fingerprint density at radius 2 is 2.33 bits per heavy atom. The van der Waals surface area contributed by atoms with E-state index in [0.717, 1.165) is 5.39 Å². The van der Waals surface area contributed by atoms with Gasteiger partial charge in [0.1, 0.15) is 5.65 Å². The fourth-order valence-electron chi connectivity index (χ4n) is 1.13. The monoisotopic (exact) mass is 180 g/mol. The lowest BCUT2D eigenvalue weighted by Crippen LogP contribution is -1.89. The highest BCUT2D eigenvalue weighted by atomic mass is 35.5. The first-order valence-electron chi connectivity index (χ1n) is 3.41. The quantitative estimate of drug-likeness (QED) is 0.682. The van der Waals surface area contributed by atoms with Crippen molar-refractivity contribution in [2.75, 3.05) is 0 Å². The Labute approximate surface area is 73.4 Å². The van der Waals surface area contributed by atoms with E-state index in [2.05, 4.69) is 9.97 Å². The maximum atomic E-state index is 10.9. The Bertz CT molecular complexity index is 435. The van der Waals surface area contributed by atoms with Crippen LogP contribution in [0.5, 0.6) is 0 Å². The number of halogens is 1. The van der Waals surface area contributed by atoms with Gasteiger partial charge >= 0.3 is 0 Å². The summed E-state index contributed by atoms with van der Waals surface area (Å²) in [6, 6.07) is 3.38. The second-order valence-electron chi connectivity index (χ2n) is 2.37. The summed E-state index contributed by atoms with van der Waals surface area (Å²) in [6.45, 7) is 0. The molecule has 0 unspecified atom stereocenters. The van der Waals surface area contributed by atoms with Crippen molar-refractivity contribution in [3.05, 3.63) is 30.1 Å². The highest BCUT2D eigenvalue weighted by Crippen LogP contribution is 2.16. The van der Waals surface area contributed by atoms with E-state index < -0.39 is 5.24 Å². The molecule has 60 valence electrons. The molecule has 2 aromatic heterocycles. The number of aromatic amines is 1. The number of carbonyl (C=O) groups is 1. The number of nitrogens with zero attached hydrogens (tertiary/aromatic N) is 1. The van der Waals surface area contributed by atoms with Gasteiger partial charge in [0.15, 0.2) is 0 Å². The van der Waals surface area contributed by atoms with Crippen LogP contribution >= 0.6 is 11.6 Å². The van der Waals surface area contributed by atoms with Crippen molar-refractivity contribution in [2.24, 2.45) is 0 Å². The molecule has 0 aromatic carbocycles. The van der Waals surface area contributed by atoms with Crippen molar-refractivity contribution in [2.45, 2.75) is 0 Å². The van der Waals surface area contributed by atoms with Crippen LogP contribution in [0.4, 0.5) is 0 Å². The zero-order valence-corrected chi connectivity index (χ0v) is 6.80. The van der Waals surface area contributed by atoms with Crippen LogP contribution < -0.4 is 0 Å². The van der Waals surface area contributed by atoms with Gasteiger partial charge in [0.2, 0.25) is 0 Å². The number of aromatic nitrogens is 2. The van der Waals surface area contributed by atoms with Crippen LogP contribution in [0.25, 0.3) is 11.0 Å². The van der Waals surface area contributed by atoms with Crippen molar-refractivity contribution in [1.82, 2.24) is 9.97 Å². The van der Waals surface area contributed by atoms with Crippen LogP contribution in [-0.4, -0.2) is 15.2 Å². The maximum Gasteiger partial charge on any atom is 0.253 e. The first-order valence-corrected chi connectivity index (χ1v) is 3.79. The van der Waals surface area contributed by atoms with E-state index in [0.29, 0.717) is 11.2 Å². The summed E-state index contributed by atoms with van der Waals surface area (Å²) < 4.78 is 0. The maximum absolute atomic E-state index is 10.9. The topological polar surface area (TPSA) is 45.8 Å². The van der Waals surface area contributed by atoms with Crippen LogP contribution in [0.3, 0.4) is 0 Å². The molecule has 0 fully saturated rings. The standard InChI is InChI=1S/C8H5ClN2O/c9-7(12)5-1-3-10-8-6(5)2-4-11-8/h1-4H,(H,10,11). The Balaban J connectivity index is 2.82. The highest BCUT2D eigenvalue weighted by Gasteiger charge is 2.07. The van der Waals surface area contributed by atoms with Crippen LogP contribution in [-0.2, 0) is 0 Å². The summed E-state index contributed by atoms with van der Waals surface area (Å²) in [5, 5.41) is 0.305. The van der Waals surface area contributed by atoms with Gasteiger partial charge in [0.05, 0.1) is 0 Å². The molecule has 2 heterocycles. The fraction of sp³-hybridized carbons (Fsp3) is 0. The summed E-state index contributed by atoms with van der Waals surface area (Å²) in [7, 11) is 0. The highest BCUT2D eigenvalue weighted by molar-refractivity contribution is 6.68. The second kappa shape index (κ2) is 2.60. The molecule has 0 aliphatic heterocycles. The van der Waals surface area contributed by atoms with Gasteiger partial charge in [-0.2, -0.15) is 0 Å². The van der Waals surface area contributed by atoms with E-state index >= 15 is 0 Å². The molecule has 0 aliphatic rings. The van der Waals surface area contributed by atoms with Gasteiger partial charge in [0, 0.05) is 23.3 Å². The third-order valence-electron chi connectivity index (χ3n) is 1.67. The van der Waals surface area contributed by atoms with E-state index in [4.69, 9.17) is 11.6 Å². The SMILES string of the molecule is O=C(Cl)c1ccnc2[nH]ccc12. The molecule has 4 heteroatoms. The molecule has 0 amide bonds. The molecule has 0 saturated carbocycles. The average Bonchev–Trinajstić information content (AvgIpc) is 2.49. The fourth-order valence-corrected chi connectivity index (χ4v) is 1.30. The van der Waals surface area contributed by atoms with Crippen molar-refractivity contribution in [3.8, 4) is 0 Å². The van der Waals surface area contributed by atoms with Gasteiger partial charge in [0.25, 0.3) is 5.24 Å². The Morgan fingerprint density at radius 3 is 3.08 bits per heavy atom. The van der Waals surface area contributed by atoms with Gasteiger partial charge in [-0.3, -0.25) is 4.79 Å². The Kier molecular flexibility index (Phi) is 1.59. The lowest BCUT2D eigenvalue weighted by atomic mass is 10.2. The third kappa shape index (κ3) is 0.987. The lowest BCUT2D eigenvalue weighted by Gasteiger charge is -1.93. The predicted molar refractivity (Wildman–Crippen MR) is 46.3 cm³/mol. The number of nitrogens with one attached hydrogen (secondary N) is 1. The van der Waals surface area contributed by atoms with Gasteiger partial charge in [-0.25, -0.2) is 4.98 Å². The van der Waals surface area contributed by atoms with Crippen molar-refractivity contribution in [3.63, 3.8) is 0 Å². The molecule has 0 bridgehead atoms. The van der Waals surface area contributed by atoms with E-state index in [1.54, 1.807) is 24.5 Å². The molecule has 1 N–H and O–H groups in total. The average molecular weight is 181 g/mol. The molecule has 0 spiro atoms. The Morgan fingerprint density at radius 1 is 1.50 bits per heavy atom. The van der Waals surface area contributed by atoms with Crippen molar-refractivity contribution >= 4 is 27.9 Å². The van der Waals surface area contributed by atoms with Crippen LogP contribution in [0.1, 0.15) is 10.4 Å². The van der Waals surface area contributed by atoms with Crippen LogP contribution in [0.2, 0.25) is 0 Å². The Hall–Kier alpha value is -1.35. The second-order valence-corrected chi connectivity index (χ2v) is 2.72. The molecule has 0 saturated heterocycles. The molecule has 0 radical (unpaired) electrons. The van der Waals surface area contributed by atoms with Gasteiger partial charge < -0.3 is 4.98 Å². The molecule has 0 atom stereocenters. The van der Waals surface area contributed by atoms with Crippen molar-refractivity contribution in [1.29, 1.82) is 0 Å². The molecule has 0 aliphatic carbocycles. The molecular weight excluding hydrogens is 176 g/mol. The van der Waals surface area contributed by atoms with Crippen LogP contribution in [0, 0.1) is 0 Å². The molecular formula is C8H5ClN2O. The smallest absolute Gasteiger partial charge is 0.253 e. The summed E-state index contributed by atoms with van der Waals surface area (Å²) in [5.41, 5.74) is 1.17. The van der Waals surface area contributed by atoms with Gasteiger partial charge in [-0.15, -0.1) is 0 Å². The van der Waals surface area contributed by atoms with Crippen LogP contribution in [0.15, 0.2) is 24.5 Å². The minimum Gasteiger partial charge on any atom is -0.346 e. The largest absolute Gasteiger partial charge is 0.346 e. The lowest BCUT2D eigenvalue weighted by molar-refractivity contribution is 0.108. The van der Waals surface area contributed by atoms with E-state index in [9.17, 15) is 4.79 Å². The predicted octanol–water partition coefficient (Wildman–Crippen LogP) is 1.94. The van der Waals surface area contributed by atoms with E-state index in [1.807, 2.05) is 0 Å². The number of pyridine rings is 1. The first-order chi connectivity index (χ1) is 5.79. The molecule has 2 aromatic rings. The number of hydrogen-bond acceptors (Lipinski definition) is 2. The van der Waals surface area contributed by atoms with Crippen molar-refractivity contribution < 1.29 is 4.79 Å². The molecule has 12 heavy (non-hydrogen) atoms. The van der Waals surface area contributed by atoms with Gasteiger partial charge in [-0.1, -0.05) is 0 Å². The van der Waals surface area contributed by atoms with Gasteiger partial charge in [-0.05, 0) is 23.7 Å². The van der Waals surface area contributed by atoms with E-state index in [-0.39, 0.29) is 0 Å². The number of rotatable bonds is 1. The third-order valence-corrected chi connectivity index (χ3v) is 1.88. The number of H-pyrrole nitrogens is 1. The minimum absolute atomic E-state index is 0.456. The molecule has 2 rings (SSSR count). The molecule has 3 nitrogen and oxygen atoms in total. The summed E-state index contributed by atoms with van der Waals surface area (Å²) >= 11 is 5.36. The number of fused-ring (bicyclic) bond motifs is 1. The number of carbonyl (C=O) groups excluding carboxylic acids is 1. The summed E-state index contributed by atoms with van der Waals surface area (Å²) in [5.74, 6) is 0. The number of hydrogen-bond donors (Lipinski definition) is 1. The minimum atomic E-state index is -0.456.